The Labute approximate surface area is 172 Å². The smallest absolute Gasteiger partial charge is 0.00488 e. The molecule has 164 valence electrons. The Hall–Kier alpha value is -0.0800. The molecular weight excluding hydrogens is 328 g/mol. The summed E-state index contributed by atoms with van der Waals surface area (Å²) in [6.45, 7) is 17.8. The van der Waals surface area contributed by atoms with Gasteiger partial charge in [-0.05, 0) is 81.3 Å². The first kappa shape index (κ1) is 26.9. The van der Waals surface area contributed by atoms with E-state index in [1.807, 2.05) is 0 Å². The van der Waals surface area contributed by atoms with E-state index in [4.69, 9.17) is 5.73 Å². The van der Waals surface area contributed by atoms with Crippen LogP contribution in [0.25, 0.3) is 0 Å². The van der Waals surface area contributed by atoms with E-state index in [1.54, 1.807) is 0 Å². The van der Waals surface area contributed by atoms with Crippen LogP contribution >= 0.6 is 0 Å². The molecule has 0 amide bonds. The van der Waals surface area contributed by atoms with Crippen molar-refractivity contribution >= 4 is 0 Å². The fraction of sp³-hybridized carbons (Fsp3) is 1.00. The minimum Gasteiger partial charge on any atom is -0.330 e. The number of unbranched alkanes of at least 4 members (excludes halogenated alkanes) is 4. The van der Waals surface area contributed by atoms with E-state index in [0.717, 1.165) is 24.3 Å². The minimum atomic E-state index is 0.523. The number of nitrogens with two attached hydrogens (primary N) is 1. The maximum atomic E-state index is 5.54. The highest BCUT2D eigenvalue weighted by molar-refractivity contribution is 4.79. The zero-order chi connectivity index (χ0) is 20.5. The van der Waals surface area contributed by atoms with Crippen molar-refractivity contribution in [1.29, 1.82) is 0 Å². The molecule has 0 aliphatic carbocycles. The predicted octanol–water partition coefficient (Wildman–Crippen LogP) is 7.17. The van der Waals surface area contributed by atoms with E-state index in [2.05, 4.69) is 46.9 Å². The molecule has 0 heterocycles. The van der Waals surface area contributed by atoms with Crippen molar-refractivity contribution in [1.82, 2.24) is 5.32 Å². The maximum Gasteiger partial charge on any atom is -0.00488 e. The molecule has 0 aliphatic rings. The number of hydrogen-bond acceptors (Lipinski definition) is 2. The van der Waals surface area contributed by atoms with Crippen LogP contribution < -0.4 is 11.1 Å². The van der Waals surface area contributed by atoms with E-state index in [1.165, 1.54) is 90.1 Å². The second-order valence-corrected chi connectivity index (χ2v) is 9.68. The quantitative estimate of drug-likeness (QED) is 0.232. The van der Waals surface area contributed by atoms with Gasteiger partial charge in [-0.3, -0.25) is 0 Å². The third-order valence-electron chi connectivity index (χ3n) is 7.34. The molecule has 0 rings (SSSR count). The highest BCUT2D eigenvalue weighted by atomic mass is 14.8. The average molecular weight is 383 g/mol. The molecule has 0 aromatic carbocycles. The third-order valence-corrected chi connectivity index (χ3v) is 7.34. The van der Waals surface area contributed by atoms with Gasteiger partial charge in [0.2, 0.25) is 0 Å². The molecule has 0 aromatic rings. The molecule has 0 fully saturated rings. The van der Waals surface area contributed by atoms with E-state index in [9.17, 15) is 0 Å². The second-order valence-electron chi connectivity index (χ2n) is 9.68. The summed E-state index contributed by atoms with van der Waals surface area (Å²) in [5, 5.41) is 3.65. The Morgan fingerprint density at radius 2 is 1.48 bits per heavy atom. The van der Waals surface area contributed by atoms with Crippen LogP contribution in [0.4, 0.5) is 0 Å². The van der Waals surface area contributed by atoms with E-state index < -0.39 is 0 Å². The molecular formula is C25H54N2. The molecule has 0 radical (unpaired) electrons. The predicted molar refractivity (Wildman–Crippen MR) is 124 cm³/mol. The van der Waals surface area contributed by atoms with Gasteiger partial charge in [0.25, 0.3) is 0 Å². The highest BCUT2D eigenvalue weighted by Gasteiger charge is 2.28. The summed E-state index contributed by atoms with van der Waals surface area (Å²) in [5.41, 5.74) is 6.07. The van der Waals surface area contributed by atoms with E-state index in [0.29, 0.717) is 5.41 Å². The van der Waals surface area contributed by atoms with Gasteiger partial charge in [0.1, 0.15) is 0 Å². The molecule has 0 saturated heterocycles. The van der Waals surface area contributed by atoms with Crippen molar-refractivity contribution in [2.24, 2.45) is 28.9 Å². The molecule has 2 heteroatoms. The van der Waals surface area contributed by atoms with Crippen molar-refractivity contribution in [2.45, 2.75) is 119 Å². The number of nitrogens with one attached hydrogen (secondary N) is 1. The van der Waals surface area contributed by atoms with Crippen LogP contribution in [0.1, 0.15) is 119 Å². The summed E-state index contributed by atoms with van der Waals surface area (Å²) >= 11 is 0. The van der Waals surface area contributed by atoms with Gasteiger partial charge >= 0.3 is 0 Å². The molecule has 0 aliphatic heterocycles. The lowest BCUT2D eigenvalue weighted by Crippen LogP contribution is -2.25. The molecule has 0 aromatic heterocycles. The zero-order valence-electron chi connectivity index (χ0n) is 19.9. The molecule has 0 bridgehead atoms. The van der Waals surface area contributed by atoms with Crippen LogP contribution in [0.2, 0.25) is 0 Å². The van der Waals surface area contributed by atoms with Crippen LogP contribution in [-0.2, 0) is 0 Å². The van der Waals surface area contributed by atoms with Gasteiger partial charge in [-0.2, -0.15) is 0 Å². The van der Waals surface area contributed by atoms with Crippen LogP contribution in [-0.4, -0.2) is 19.6 Å². The Kier molecular flexibility index (Phi) is 16.8. The fourth-order valence-corrected chi connectivity index (χ4v) is 4.23. The summed E-state index contributed by atoms with van der Waals surface area (Å²) in [4.78, 5) is 0. The van der Waals surface area contributed by atoms with E-state index >= 15 is 0 Å². The van der Waals surface area contributed by atoms with Crippen molar-refractivity contribution in [2.75, 3.05) is 19.6 Å². The van der Waals surface area contributed by atoms with Gasteiger partial charge in [0.05, 0.1) is 0 Å². The molecule has 0 spiro atoms. The SMILES string of the molecule is CCCCC(CCC(C)(CC)C(C)C)C(C)CCCNCCCCCCN. The maximum absolute atomic E-state index is 5.54. The highest BCUT2D eigenvalue weighted by Crippen LogP contribution is 2.39. The van der Waals surface area contributed by atoms with E-state index in [-0.39, 0.29) is 0 Å². The summed E-state index contributed by atoms with van der Waals surface area (Å²) in [5.74, 6) is 2.58. The monoisotopic (exact) mass is 382 g/mol. The van der Waals surface area contributed by atoms with Gasteiger partial charge in [-0.15, -0.1) is 0 Å². The molecule has 3 atom stereocenters. The molecule has 3 N–H and O–H groups in total. The lowest BCUT2D eigenvalue weighted by atomic mass is 9.70. The summed E-state index contributed by atoms with van der Waals surface area (Å²) in [6.07, 6.45) is 16.2. The standard InChI is InChI=1S/C25H54N2/c1-7-9-16-24(17-18-25(6,8-2)22(3)4)23(5)15-14-21-27-20-13-11-10-12-19-26/h22-24,27H,7-21,26H2,1-6H3. The van der Waals surface area contributed by atoms with Crippen LogP contribution in [0.5, 0.6) is 0 Å². The first-order chi connectivity index (χ1) is 12.9. The first-order valence-electron chi connectivity index (χ1n) is 12.3. The molecule has 27 heavy (non-hydrogen) atoms. The van der Waals surface area contributed by atoms with Gasteiger partial charge in [0, 0.05) is 0 Å². The van der Waals surface area contributed by atoms with Gasteiger partial charge in [0.15, 0.2) is 0 Å². The van der Waals surface area contributed by atoms with Crippen LogP contribution in [0.15, 0.2) is 0 Å². The summed E-state index contributed by atoms with van der Waals surface area (Å²) in [6, 6.07) is 0. The van der Waals surface area contributed by atoms with Crippen LogP contribution in [0, 0.1) is 23.2 Å². The first-order valence-corrected chi connectivity index (χ1v) is 12.3. The largest absolute Gasteiger partial charge is 0.330 e. The van der Waals surface area contributed by atoms with Gasteiger partial charge in [-0.1, -0.05) is 80.1 Å². The lowest BCUT2D eigenvalue weighted by Gasteiger charge is -2.35. The Morgan fingerprint density at radius 3 is 2.07 bits per heavy atom. The number of rotatable bonds is 19. The van der Waals surface area contributed by atoms with Gasteiger partial charge < -0.3 is 11.1 Å². The topological polar surface area (TPSA) is 38.0 Å². The average Bonchev–Trinajstić information content (AvgIpc) is 2.66. The van der Waals surface area contributed by atoms with Crippen molar-refractivity contribution < 1.29 is 0 Å². The summed E-state index contributed by atoms with van der Waals surface area (Å²) in [7, 11) is 0. The van der Waals surface area contributed by atoms with Crippen LogP contribution in [0.3, 0.4) is 0 Å². The third kappa shape index (κ3) is 12.9. The Morgan fingerprint density at radius 1 is 0.815 bits per heavy atom. The van der Waals surface area contributed by atoms with Crippen molar-refractivity contribution in [3.8, 4) is 0 Å². The number of hydrogen-bond donors (Lipinski definition) is 2. The molecule has 3 unspecified atom stereocenters. The summed E-state index contributed by atoms with van der Waals surface area (Å²) < 4.78 is 0. The van der Waals surface area contributed by atoms with Gasteiger partial charge in [-0.25, -0.2) is 0 Å². The Balaban J connectivity index is 4.13. The van der Waals surface area contributed by atoms with Crippen molar-refractivity contribution in [3.63, 3.8) is 0 Å². The Bertz CT molecular complexity index is 315. The van der Waals surface area contributed by atoms with Crippen molar-refractivity contribution in [3.05, 3.63) is 0 Å². The fourth-order valence-electron chi connectivity index (χ4n) is 4.23. The molecule has 0 saturated carbocycles. The lowest BCUT2D eigenvalue weighted by molar-refractivity contribution is 0.155. The minimum absolute atomic E-state index is 0.523. The second kappa shape index (κ2) is 16.8. The normalized spacial score (nSPS) is 16.4. The zero-order valence-corrected chi connectivity index (χ0v) is 19.9. The molecule has 2 nitrogen and oxygen atoms in total.